The lowest BCUT2D eigenvalue weighted by Gasteiger charge is -2.55. The van der Waals surface area contributed by atoms with E-state index in [1.165, 1.54) is 24.0 Å². The maximum absolute atomic E-state index is 10.6. The van der Waals surface area contributed by atoms with Crippen LogP contribution >= 0.6 is 0 Å². The van der Waals surface area contributed by atoms with Gasteiger partial charge >= 0.3 is 0 Å². The largest absolute Gasteiger partial charge is 0.392 e. The van der Waals surface area contributed by atoms with Gasteiger partial charge in [0.05, 0.1) is 6.10 Å². The summed E-state index contributed by atoms with van der Waals surface area (Å²) >= 11 is 0. The van der Waals surface area contributed by atoms with Crippen molar-refractivity contribution < 1.29 is 5.11 Å². The minimum Gasteiger partial charge on any atom is -0.392 e. The van der Waals surface area contributed by atoms with Crippen LogP contribution in [0.1, 0.15) is 52.9 Å². The first-order valence-corrected chi connectivity index (χ1v) is 6.42. The van der Waals surface area contributed by atoms with E-state index in [2.05, 4.69) is 33.4 Å². The topological polar surface area (TPSA) is 20.2 Å². The molecule has 2 atom stereocenters. The van der Waals surface area contributed by atoms with Crippen molar-refractivity contribution in [3.8, 4) is 0 Å². The van der Waals surface area contributed by atoms with Gasteiger partial charge in [0.2, 0.25) is 0 Å². The molecule has 2 rings (SSSR count). The highest BCUT2D eigenvalue weighted by Crippen LogP contribution is 2.59. The number of aliphatic hydroxyl groups excluding tert-OH is 1. The van der Waals surface area contributed by atoms with Crippen LogP contribution in [0.5, 0.6) is 0 Å². The van der Waals surface area contributed by atoms with E-state index < -0.39 is 0 Å². The Hall–Kier alpha value is -0.560. The molecule has 0 aliphatic heterocycles. The molecule has 1 spiro atoms. The molecule has 0 unspecified atom stereocenters. The van der Waals surface area contributed by atoms with E-state index in [9.17, 15) is 5.11 Å². The third kappa shape index (κ3) is 1.48. The van der Waals surface area contributed by atoms with Gasteiger partial charge in [-0.2, -0.15) is 0 Å². The summed E-state index contributed by atoms with van der Waals surface area (Å²) in [6, 6.07) is 0. The van der Waals surface area contributed by atoms with Gasteiger partial charge in [0.1, 0.15) is 0 Å². The molecule has 1 fully saturated rings. The van der Waals surface area contributed by atoms with Gasteiger partial charge in [0, 0.05) is 5.41 Å². The third-order valence-electron chi connectivity index (χ3n) is 4.98. The molecule has 1 nitrogen and oxygen atoms in total. The molecular formula is C15H24O. The fraction of sp³-hybridized carbons (Fsp3) is 0.733. The van der Waals surface area contributed by atoms with Crippen LogP contribution in [0.3, 0.4) is 0 Å². The zero-order valence-corrected chi connectivity index (χ0v) is 10.8. The quantitative estimate of drug-likeness (QED) is 0.615. The van der Waals surface area contributed by atoms with Crippen molar-refractivity contribution in [1.82, 2.24) is 0 Å². The van der Waals surface area contributed by atoms with Crippen molar-refractivity contribution in [2.24, 2.45) is 10.8 Å². The van der Waals surface area contributed by atoms with Gasteiger partial charge in [-0.25, -0.2) is 0 Å². The standard InChI is InChI=1S/C15H24O/c1-11-7-9-15(13(16)10-11)12(2)6-5-8-14(15,3)4/h7,13,16H,2,5-6,8-10H2,1,3-4H3/t13-,15-/m0/s1. The Kier molecular flexibility index (Phi) is 2.78. The summed E-state index contributed by atoms with van der Waals surface area (Å²) in [5, 5.41) is 10.6. The SMILES string of the molecule is C=C1CCCC(C)(C)[C@@]12CC=C(C)C[C@@H]2O. The molecule has 0 saturated heterocycles. The number of allylic oxidation sites excluding steroid dienone is 1. The Morgan fingerprint density at radius 1 is 1.44 bits per heavy atom. The van der Waals surface area contributed by atoms with Crippen molar-refractivity contribution in [3.05, 3.63) is 23.8 Å². The van der Waals surface area contributed by atoms with Crippen LogP contribution < -0.4 is 0 Å². The summed E-state index contributed by atoms with van der Waals surface area (Å²) < 4.78 is 0. The van der Waals surface area contributed by atoms with Crippen molar-refractivity contribution >= 4 is 0 Å². The van der Waals surface area contributed by atoms with Crippen molar-refractivity contribution in [3.63, 3.8) is 0 Å². The Bertz CT molecular complexity index is 337. The first kappa shape index (κ1) is 11.9. The van der Waals surface area contributed by atoms with E-state index in [4.69, 9.17) is 0 Å². The molecule has 2 aliphatic carbocycles. The van der Waals surface area contributed by atoms with E-state index >= 15 is 0 Å². The third-order valence-corrected chi connectivity index (χ3v) is 4.98. The van der Waals surface area contributed by atoms with Crippen LogP contribution in [-0.2, 0) is 0 Å². The average molecular weight is 220 g/mol. The van der Waals surface area contributed by atoms with E-state index in [1.54, 1.807) is 0 Å². The minimum atomic E-state index is -0.236. The van der Waals surface area contributed by atoms with Crippen LogP contribution in [0.25, 0.3) is 0 Å². The monoisotopic (exact) mass is 220 g/mol. The second kappa shape index (κ2) is 3.73. The Labute approximate surface area is 99.3 Å². The van der Waals surface area contributed by atoms with Crippen LogP contribution in [0, 0.1) is 10.8 Å². The Morgan fingerprint density at radius 3 is 2.69 bits per heavy atom. The molecule has 1 N–H and O–H groups in total. The smallest absolute Gasteiger partial charge is 0.0678 e. The number of aliphatic hydroxyl groups is 1. The maximum atomic E-state index is 10.6. The molecule has 16 heavy (non-hydrogen) atoms. The minimum absolute atomic E-state index is 0.0647. The lowest BCUT2D eigenvalue weighted by atomic mass is 9.50. The fourth-order valence-electron chi connectivity index (χ4n) is 3.81. The molecule has 1 saturated carbocycles. The lowest BCUT2D eigenvalue weighted by molar-refractivity contribution is -0.0562. The second-order valence-corrected chi connectivity index (χ2v) is 6.29. The van der Waals surface area contributed by atoms with Gasteiger partial charge in [-0.3, -0.25) is 0 Å². The second-order valence-electron chi connectivity index (χ2n) is 6.29. The molecule has 0 aromatic rings. The summed E-state index contributed by atoms with van der Waals surface area (Å²) in [4.78, 5) is 0. The average Bonchev–Trinajstić information content (AvgIpc) is 2.15. The number of hydrogen-bond donors (Lipinski definition) is 1. The predicted molar refractivity (Wildman–Crippen MR) is 68.2 cm³/mol. The molecular weight excluding hydrogens is 196 g/mol. The van der Waals surface area contributed by atoms with Gasteiger partial charge in [-0.15, -0.1) is 0 Å². The number of rotatable bonds is 0. The highest BCUT2D eigenvalue weighted by molar-refractivity contribution is 5.27. The zero-order valence-electron chi connectivity index (χ0n) is 10.8. The summed E-state index contributed by atoms with van der Waals surface area (Å²) in [6.45, 7) is 11.0. The molecule has 2 aliphatic rings. The highest BCUT2D eigenvalue weighted by atomic mass is 16.3. The lowest BCUT2D eigenvalue weighted by Crippen LogP contribution is -2.51. The first-order chi connectivity index (χ1) is 7.40. The molecule has 0 aromatic carbocycles. The van der Waals surface area contributed by atoms with Crippen LogP contribution in [-0.4, -0.2) is 11.2 Å². The summed E-state index contributed by atoms with van der Waals surface area (Å²) in [5.41, 5.74) is 2.72. The Morgan fingerprint density at radius 2 is 2.12 bits per heavy atom. The van der Waals surface area contributed by atoms with E-state index in [1.807, 2.05) is 0 Å². The molecule has 90 valence electrons. The Balaban J connectivity index is 2.44. The molecule has 0 aromatic heterocycles. The summed E-state index contributed by atoms with van der Waals surface area (Å²) in [6.07, 6.45) is 7.39. The summed E-state index contributed by atoms with van der Waals surface area (Å²) in [7, 11) is 0. The van der Waals surface area contributed by atoms with Gasteiger partial charge in [-0.1, -0.05) is 37.6 Å². The van der Waals surface area contributed by atoms with Gasteiger partial charge in [-0.05, 0) is 44.4 Å². The van der Waals surface area contributed by atoms with Crippen LogP contribution in [0.2, 0.25) is 0 Å². The van der Waals surface area contributed by atoms with E-state index in [0.717, 1.165) is 19.3 Å². The van der Waals surface area contributed by atoms with Crippen molar-refractivity contribution in [2.45, 2.75) is 59.0 Å². The normalized spacial score (nSPS) is 38.6. The van der Waals surface area contributed by atoms with Gasteiger partial charge in [0.15, 0.2) is 0 Å². The fourth-order valence-corrected chi connectivity index (χ4v) is 3.81. The van der Waals surface area contributed by atoms with E-state index in [-0.39, 0.29) is 16.9 Å². The van der Waals surface area contributed by atoms with Crippen LogP contribution in [0.15, 0.2) is 23.8 Å². The molecule has 0 heterocycles. The maximum Gasteiger partial charge on any atom is 0.0678 e. The molecule has 0 radical (unpaired) electrons. The predicted octanol–water partition coefficient (Wildman–Crippen LogP) is 3.84. The highest BCUT2D eigenvalue weighted by Gasteiger charge is 2.53. The van der Waals surface area contributed by atoms with Gasteiger partial charge in [0.25, 0.3) is 0 Å². The zero-order chi connectivity index (χ0) is 12.0. The first-order valence-electron chi connectivity index (χ1n) is 6.42. The number of hydrogen-bond acceptors (Lipinski definition) is 1. The van der Waals surface area contributed by atoms with E-state index in [0.29, 0.717) is 0 Å². The molecule has 0 amide bonds. The van der Waals surface area contributed by atoms with Gasteiger partial charge < -0.3 is 5.11 Å². The molecule has 0 bridgehead atoms. The summed E-state index contributed by atoms with van der Waals surface area (Å²) in [5.74, 6) is 0. The van der Waals surface area contributed by atoms with Crippen LogP contribution in [0.4, 0.5) is 0 Å². The van der Waals surface area contributed by atoms with Crippen molar-refractivity contribution in [1.29, 1.82) is 0 Å². The van der Waals surface area contributed by atoms with Crippen molar-refractivity contribution in [2.75, 3.05) is 0 Å². The molecule has 1 heteroatoms.